The highest BCUT2D eigenvalue weighted by Crippen LogP contribution is 2.19. The Morgan fingerprint density at radius 3 is 2.70 bits per heavy atom. The van der Waals surface area contributed by atoms with Crippen molar-refractivity contribution in [1.82, 2.24) is 10.6 Å². The molecule has 1 aromatic rings. The molecule has 0 aromatic carbocycles. The predicted molar refractivity (Wildman–Crippen MR) is 95.0 cm³/mol. The van der Waals surface area contributed by atoms with E-state index in [2.05, 4.69) is 35.1 Å². The second-order valence-electron chi connectivity index (χ2n) is 6.63. The smallest absolute Gasteiger partial charge is 0.407 e. The summed E-state index contributed by atoms with van der Waals surface area (Å²) < 4.78 is 10.5. The van der Waals surface area contributed by atoms with E-state index >= 15 is 0 Å². The quantitative estimate of drug-likeness (QED) is 0.672. The normalized spacial score (nSPS) is 14.3. The average Bonchev–Trinajstić information content (AvgIpc) is 2.95. The van der Waals surface area contributed by atoms with E-state index in [0.29, 0.717) is 19.2 Å². The lowest BCUT2D eigenvalue weighted by Crippen LogP contribution is -2.37. The minimum absolute atomic E-state index is 0.262. The van der Waals surface area contributed by atoms with Gasteiger partial charge in [-0.3, -0.25) is 0 Å². The summed E-state index contributed by atoms with van der Waals surface area (Å²) in [4.78, 5) is 12.9. The highest BCUT2D eigenvalue weighted by atomic mass is 32.1. The van der Waals surface area contributed by atoms with E-state index in [4.69, 9.17) is 9.47 Å². The summed E-state index contributed by atoms with van der Waals surface area (Å²) in [6.45, 7) is 8.99. The highest BCUT2D eigenvalue weighted by Gasteiger charge is 2.16. The number of amides is 1. The number of carbonyl (C=O) groups excluding carboxylic acids is 1. The Labute approximate surface area is 143 Å². The van der Waals surface area contributed by atoms with E-state index in [1.807, 2.05) is 20.8 Å². The van der Waals surface area contributed by atoms with Crippen LogP contribution in [0.4, 0.5) is 4.79 Å². The van der Waals surface area contributed by atoms with Crippen molar-refractivity contribution in [2.45, 2.75) is 58.2 Å². The van der Waals surface area contributed by atoms with Gasteiger partial charge in [-0.25, -0.2) is 4.79 Å². The lowest BCUT2D eigenvalue weighted by atomic mass is 10.1. The van der Waals surface area contributed by atoms with Crippen LogP contribution >= 0.6 is 11.3 Å². The monoisotopic (exact) mass is 342 g/mol. The Hall–Kier alpha value is -1.11. The van der Waals surface area contributed by atoms with Crippen LogP contribution in [0, 0.1) is 0 Å². The highest BCUT2D eigenvalue weighted by molar-refractivity contribution is 7.10. The number of thiophene rings is 1. The van der Waals surface area contributed by atoms with Crippen molar-refractivity contribution in [3.05, 3.63) is 22.4 Å². The van der Waals surface area contributed by atoms with Crippen molar-refractivity contribution in [3.63, 3.8) is 0 Å². The first-order valence-corrected chi connectivity index (χ1v) is 8.95. The fourth-order valence-electron chi connectivity index (χ4n) is 2.24. The number of carbonyl (C=O) groups is 1. The van der Waals surface area contributed by atoms with Gasteiger partial charge in [0.15, 0.2) is 0 Å². The minimum atomic E-state index is -0.458. The zero-order valence-electron chi connectivity index (χ0n) is 14.8. The van der Waals surface area contributed by atoms with Crippen LogP contribution in [0.3, 0.4) is 0 Å². The van der Waals surface area contributed by atoms with E-state index in [9.17, 15) is 4.79 Å². The maximum atomic E-state index is 11.6. The van der Waals surface area contributed by atoms with Crippen LogP contribution in [0.5, 0.6) is 0 Å². The molecule has 2 N–H and O–H groups in total. The number of ether oxygens (including phenoxy) is 2. The van der Waals surface area contributed by atoms with Crippen LogP contribution in [-0.2, 0) is 9.47 Å². The standard InChI is InChI=1S/C17H30N2O3S/c1-13(15-9-7-11-23-15)19-14(12-21-5)8-6-10-18-16(20)22-17(2,3)4/h7,9,11,13-14,19H,6,8,10,12H2,1-5H3,(H,18,20). The molecule has 2 unspecified atom stereocenters. The van der Waals surface area contributed by atoms with Crippen LogP contribution in [0.15, 0.2) is 17.5 Å². The van der Waals surface area contributed by atoms with Crippen LogP contribution in [-0.4, -0.2) is 38.0 Å². The van der Waals surface area contributed by atoms with Gasteiger partial charge in [0.25, 0.3) is 0 Å². The van der Waals surface area contributed by atoms with Crippen molar-refractivity contribution >= 4 is 17.4 Å². The Bertz CT molecular complexity index is 443. The maximum absolute atomic E-state index is 11.6. The van der Waals surface area contributed by atoms with Gasteiger partial charge in [0.1, 0.15) is 5.60 Å². The first-order chi connectivity index (χ1) is 10.8. The molecule has 0 aliphatic carbocycles. The Morgan fingerprint density at radius 2 is 2.13 bits per heavy atom. The van der Waals surface area contributed by atoms with E-state index in [1.165, 1.54) is 4.88 Å². The molecular weight excluding hydrogens is 312 g/mol. The van der Waals surface area contributed by atoms with Gasteiger partial charge in [-0.15, -0.1) is 11.3 Å². The van der Waals surface area contributed by atoms with E-state index in [-0.39, 0.29) is 12.1 Å². The number of methoxy groups -OCH3 is 1. The molecule has 23 heavy (non-hydrogen) atoms. The Morgan fingerprint density at radius 1 is 1.39 bits per heavy atom. The molecule has 0 radical (unpaired) electrons. The first-order valence-electron chi connectivity index (χ1n) is 8.07. The molecule has 0 saturated carbocycles. The number of nitrogens with one attached hydrogen (secondary N) is 2. The summed E-state index contributed by atoms with van der Waals surface area (Å²) in [7, 11) is 1.71. The third-order valence-electron chi connectivity index (χ3n) is 3.22. The third kappa shape index (κ3) is 8.93. The Balaban J connectivity index is 2.29. The largest absolute Gasteiger partial charge is 0.444 e. The molecule has 0 fully saturated rings. The molecule has 0 bridgehead atoms. The number of hydrogen-bond donors (Lipinski definition) is 2. The van der Waals surface area contributed by atoms with Crippen LogP contribution in [0.25, 0.3) is 0 Å². The van der Waals surface area contributed by atoms with Gasteiger partial charge >= 0.3 is 6.09 Å². The summed E-state index contributed by atoms with van der Waals surface area (Å²) in [5.41, 5.74) is -0.458. The van der Waals surface area contributed by atoms with E-state index in [0.717, 1.165) is 12.8 Å². The zero-order valence-corrected chi connectivity index (χ0v) is 15.7. The second kappa shape index (κ2) is 9.90. The van der Waals surface area contributed by atoms with Crippen LogP contribution in [0.1, 0.15) is 51.5 Å². The van der Waals surface area contributed by atoms with Gasteiger partial charge in [-0.05, 0) is 52.0 Å². The van der Waals surface area contributed by atoms with Crippen molar-refractivity contribution in [2.75, 3.05) is 20.3 Å². The number of rotatable bonds is 9. The molecule has 5 nitrogen and oxygen atoms in total. The Kier molecular flexibility index (Phi) is 8.58. The van der Waals surface area contributed by atoms with Gasteiger partial charge in [-0.1, -0.05) is 6.07 Å². The fourth-order valence-corrected chi connectivity index (χ4v) is 2.99. The summed E-state index contributed by atoms with van der Waals surface area (Å²) in [6.07, 6.45) is 1.44. The number of hydrogen-bond acceptors (Lipinski definition) is 5. The molecule has 6 heteroatoms. The molecule has 0 aliphatic heterocycles. The summed E-state index contributed by atoms with van der Waals surface area (Å²) >= 11 is 1.75. The van der Waals surface area contributed by atoms with Crippen molar-refractivity contribution in [2.24, 2.45) is 0 Å². The number of alkyl carbamates (subject to hydrolysis) is 1. The molecule has 1 rings (SSSR count). The van der Waals surface area contributed by atoms with E-state index < -0.39 is 5.60 Å². The molecule has 1 amide bonds. The maximum Gasteiger partial charge on any atom is 0.407 e. The van der Waals surface area contributed by atoms with Crippen molar-refractivity contribution in [1.29, 1.82) is 0 Å². The van der Waals surface area contributed by atoms with Crippen molar-refractivity contribution in [3.8, 4) is 0 Å². The first kappa shape index (κ1) is 19.9. The zero-order chi connectivity index (χ0) is 17.3. The molecule has 1 heterocycles. The van der Waals surface area contributed by atoms with Gasteiger partial charge in [0, 0.05) is 30.6 Å². The van der Waals surface area contributed by atoms with Gasteiger partial charge in [0.05, 0.1) is 6.61 Å². The van der Waals surface area contributed by atoms with Gasteiger partial charge in [-0.2, -0.15) is 0 Å². The third-order valence-corrected chi connectivity index (χ3v) is 4.28. The molecule has 0 spiro atoms. The second-order valence-corrected chi connectivity index (χ2v) is 7.61. The summed E-state index contributed by atoms with van der Waals surface area (Å²) in [5.74, 6) is 0. The molecule has 1 aromatic heterocycles. The predicted octanol–water partition coefficient (Wildman–Crippen LogP) is 3.72. The SMILES string of the molecule is COCC(CCCNC(=O)OC(C)(C)C)NC(C)c1cccs1. The molecule has 0 aliphatic rings. The molecule has 0 saturated heterocycles. The lowest BCUT2D eigenvalue weighted by molar-refractivity contribution is 0.0526. The average molecular weight is 343 g/mol. The minimum Gasteiger partial charge on any atom is -0.444 e. The van der Waals surface area contributed by atoms with Crippen molar-refractivity contribution < 1.29 is 14.3 Å². The topological polar surface area (TPSA) is 59.6 Å². The lowest BCUT2D eigenvalue weighted by Gasteiger charge is -2.23. The molecule has 2 atom stereocenters. The summed E-state index contributed by atoms with van der Waals surface area (Å²) in [6, 6.07) is 4.76. The fraction of sp³-hybridized carbons (Fsp3) is 0.706. The molecule has 132 valence electrons. The summed E-state index contributed by atoms with van der Waals surface area (Å²) in [5, 5.41) is 8.46. The van der Waals surface area contributed by atoms with Gasteiger partial charge < -0.3 is 20.1 Å². The van der Waals surface area contributed by atoms with Crippen LogP contribution in [0.2, 0.25) is 0 Å². The van der Waals surface area contributed by atoms with Crippen LogP contribution < -0.4 is 10.6 Å². The van der Waals surface area contributed by atoms with Gasteiger partial charge in [0.2, 0.25) is 0 Å². The van der Waals surface area contributed by atoms with E-state index in [1.54, 1.807) is 18.4 Å². The molecular formula is C17H30N2O3S.